The summed E-state index contributed by atoms with van der Waals surface area (Å²) in [6.45, 7) is 1.28. The molecule has 6 nitrogen and oxygen atoms in total. The molecular formula is C17H20N2O4. The lowest BCUT2D eigenvalue weighted by molar-refractivity contribution is -0.141. The molecule has 23 heavy (non-hydrogen) atoms. The van der Waals surface area contributed by atoms with Crippen molar-refractivity contribution >= 4 is 17.8 Å². The normalized spacial score (nSPS) is 24.0. The van der Waals surface area contributed by atoms with E-state index in [-0.39, 0.29) is 18.4 Å². The zero-order valence-corrected chi connectivity index (χ0v) is 12.9. The highest BCUT2D eigenvalue weighted by atomic mass is 16.4. The van der Waals surface area contributed by atoms with Crippen LogP contribution < -0.4 is 0 Å². The summed E-state index contributed by atoms with van der Waals surface area (Å²) in [5, 5.41) is 9.06. The van der Waals surface area contributed by atoms with Crippen LogP contribution in [0.5, 0.6) is 0 Å². The summed E-state index contributed by atoms with van der Waals surface area (Å²) in [6.07, 6.45) is 1.93. The van der Waals surface area contributed by atoms with Crippen LogP contribution in [0.15, 0.2) is 30.3 Å². The van der Waals surface area contributed by atoms with Gasteiger partial charge in [0, 0.05) is 25.2 Å². The average Bonchev–Trinajstić information content (AvgIpc) is 3.23. The van der Waals surface area contributed by atoms with E-state index in [1.165, 1.54) is 0 Å². The minimum Gasteiger partial charge on any atom is -0.481 e. The molecule has 0 radical (unpaired) electrons. The molecule has 2 atom stereocenters. The number of likely N-dealkylation sites (tertiary alicyclic amines) is 2. The maximum Gasteiger partial charge on any atom is 0.308 e. The molecule has 2 fully saturated rings. The van der Waals surface area contributed by atoms with Crippen molar-refractivity contribution in [3.63, 3.8) is 0 Å². The molecule has 1 aromatic carbocycles. The number of nitrogens with zero attached hydrogens (tertiary/aromatic N) is 2. The van der Waals surface area contributed by atoms with Crippen molar-refractivity contribution in [1.82, 2.24) is 9.80 Å². The molecule has 122 valence electrons. The quantitative estimate of drug-likeness (QED) is 0.909. The van der Waals surface area contributed by atoms with Crippen LogP contribution in [0, 0.1) is 5.92 Å². The first-order chi connectivity index (χ1) is 11.1. The fourth-order valence-electron chi connectivity index (χ4n) is 3.39. The molecule has 2 aliphatic heterocycles. The summed E-state index contributed by atoms with van der Waals surface area (Å²) >= 11 is 0. The van der Waals surface area contributed by atoms with Gasteiger partial charge in [-0.2, -0.15) is 0 Å². The highest BCUT2D eigenvalue weighted by Gasteiger charge is 2.40. The van der Waals surface area contributed by atoms with E-state index in [0.717, 1.165) is 6.42 Å². The van der Waals surface area contributed by atoms with Crippen molar-refractivity contribution in [2.24, 2.45) is 5.92 Å². The fraction of sp³-hybridized carbons (Fsp3) is 0.471. The Hall–Kier alpha value is -2.37. The summed E-state index contributed by atoms with van der Waals surface area (Å²) in [4.78, 5) is 39.6. The number of carbonyl (C=O) groups excluding carboxylic acids is 2. The maximum absolute atomic E-state index is 12.7. The van der Waals surface area contributed by atoms with Crippen LogP contribution in [0.2, 0.25) is 0 Å². The van der Waals surface area contributed by atoms with Crippen LogP contribution in [0.4, 0.5) is 0 Å². The minimum atomic E-state index is -0.857. The van der Waals surface area contributed by atoms with Crippen molar-refractivity contribution in [3.05, 3.63) is 35.9 Å². The topological polar surface area (TPSA) is 77.9 Å². The zero-order chi connectivity index (χ0) is 16.4. The van der Waals surface area contributed by atoms with E-state index in [2.05, 4.69) is 0 Å². The molecule has 2 aliphatic rings. The Labute approximate surface area is 134 Å². The molecule has 0 aromatic heterocycles. The zero-order valence-electron chi connectivity index (χ0n) is 12.9. The number of amides is 2. The summed E-state index contributed by atoms with van der Waals surface area (Å²) in [5.41, 5.74) is 0.581. The molecule has 0 saturated carbocycles. The minimum absolute atomic E-state index is 0.115. The van der Waals surface area contributed by atoms with Gasteiger partial charge in [-0.15, -0.1) is 0 Å². The van der Waals surface area contributed by atoms with E-state index in [4.69, 9.17) is 5.11 Å². The summed E-state index contributed by atoms with van der Waals surface area (Å²) in [6, 6.07) is 8.49. The van der Waals surface area contributed by atoms with Crippen molar-refractivity contribution in [1.29, 1.82) is 0 Å². The number of aliphatic carboxylic acids is 1. The van der Waals surface area contributed by atoms with Gasteiger partial charge in [0.1, 0.15) is 6.04 Å². The fourth-order valence-corrected chi connectivity index (χ4v) is 3.39. The van der Waals surface area contributed by atoms with Crippen LogP contribution in [-0.2, 0) is 9.59 Å². The van der Waals surface area contributed by atoms with Gasteiger partial charge in [-0.3, -0.25) is 14.4 Å². The average molecular weight is 316 g/mol. The van der Waals surface area contributed by atoms with Gasteiger partial charge in [-0.05, 0) is 31.4 Å². The first-order valence-electron chi connectivity index (χ1n) is 7.95. The second-order valence-corrected chi connectivity index (χ2v) is 6.13. The first-order valence-corrected chi connectivity index (χ1v) is 7.95. The van der Waals surface area contributed by atoms with Gasteiger partial charge in [-0.1, -0.05) is 18.2 Å². The van der Waals surface area contributed by atoms with Crippen LogP contribution in [0.25, 0.3) is 0 Å². The predicted molar refractivity (Wildman–Crippen MR) is 82.8 cm³/mol. The Morgan fingerprint density at radius 2 is 1.78 bits per heavy atom. The van der Waals surface area contributed by atoms with Crippen LogP contribution in [0.1, 0.15) is 29.6 Å². The smallest absolute Gasteiger partial charge is 0.308 e. The summed E-state index contributed by atoms with van der Waals surface area (Å²) in [7, 11) is 0. The molecular weight excluding hydrogens is 296 g/mol. The summed E-state index contributed by atoms with van der Waals surface area (Å²) < 4.78 is 0. The van der Waals surface area contributed by atoms with Crippen molar-refractivity contribution < 1.29 is 19.5 Å². The Morgan fingerprint density at radius 3 is 2.43 bits per heavy atom. The van der Waals surface area contributed by atoms with E-state index >= 15 is 0 Å². The number of carboxylic acid groups (broad SMARTS) is 1. The number of carboxylic acids is 1. The van der Waals surface area contributed by atoms with Gasteiger partial charge in [0.15, 0.2) is 0 Å². The SMILES string of the molecule is O=C(O)C1CCN(C(=O)C2CCCN2C(=O)c2ccccc2)C1. The maximum atomic E-state index is 12.7. The second-order valence-electron chi connectivity index (χ2n) is 6.13. The third-order valence-electron chi connectivity index (χ3n) is 4.67. The lowest BCUT2D eigenvalue weighted by Crippen LogP contribution is -2.47. The lowest BCUT2D eigenvalue weighted by Gasteiger charge is -2.28. The third-order valence-corrected chi connectivity index (χ3v) is 4.67. The molecule has 2 saturated heterocycles. The van der Waals surface area contributed by atoms with E-state index in [1.807, 2.05) is 6.07 Å². The Kier molecular flexibility index (Phi) is 4.32. The standard InChI is InChI=1S/C17H20N2O4/c20-15(12-5-2-1-3-6-12)19-9-4-7-14(19)16(21)18-10-8-13(11-18)17(22)23/h1-3,5-6,13-14H,4,7-11H2,(H,22,23). The molecule has 3 rings (SSSR count). The highest BCUT2D eigenvalue weighted by Crippen LogP contribution is 2.25. The molecule has 2 amide bonds. The molecule has 2 unspecified atom stereocenters. The third kappa shape index (κ3) is 3.06. The van der Waals surface area contributed by atoms with E-state index in [0.29, 0.717) is 31.5 Å². The highest BCUT2D eigenvalue weighted by molar-refractivity contribution is 5.98. The molecule has 1 N–H and O–H groups in total. The van der Waals surface area contributed by atoms with E-state index in [1.54, 1.807) is 34.1 Å². The Bertz CT molecular complexity index is 616. The molecule has 2 heterocycles. The number of benzene rings is 1. The van der Waals surface area contributed by atoms with Crippen molar-refractivity contribution in [3.8, 4) is 0 Å². The second kappa shape index (κ2) is 6.40. The number of carbonyl (C=O) groups is 3. The molecule has 0 spiro atoms. The van der Waals surface area contributed by atoms with Gasteiger partial charge in [0.05, 0.1) is 5.92 Å². The Morgan fingerprint density at radius 1 is 1.04 bits per heavy atom. The first kappa shape index (κ1) is 15.5. The summed E-state index contributed by atoms with van der Waals surface area (Å²) in [5.74, 6) is -1.59. The number of hydrogen-bond acceptors (Lipinski definition) is 3. The van der Waals surface area contributed by atoms with Gasteiger partial charge < -0.3 is 14.9 Å². The Balaban J connectivity index is 1.71. The van der Waals surface area contributed by atoms with E-state index < -0.39 is 17.9 Å². The van der Waals surface area contributed by atoms with Crippen LogP contribution in [-0.4, -0.2) is 58.4 Å². The van der Waals surface area contributed by atoms with Crippen LogP contribution >= 0.6 is 0 Å². The molecule has 6 heteroatoms. The largest absolute Gasteiger partial charge is 0.481 e. The van der Waals surface area contributed by atoms with Gasteiger partial charge in [-0.25, -0.2) is 0 Å². The monoisotopic (exact) mass is 316 g/mol. The van der Waals surface area contributed by atoms with Gasteiger partial charge in [0.25, 0.3) is 5.91 Å². The lowest BCUT2D eigenvalue weighted by atomic mass is 10.1. The van der Waals surface area contributed by atoms with Gasteiger partial charge >= 0.3 is 5.97 Å². The van der Waals surface area contributed by atoms with E-state index in [9.17, 15) is 14.4 Å². The predicted octanol–water partition coefficient (Wildman–Crippen LogP) is 1.22. The molecule has 0 bridgehead atoms. The molecule has 1 aromatic rings. The van der Waals surface area contributed by atoms with Gasteiger partial charge in [0.2, 0.25) is 5.91 Å². The van der Waals surface area contributed by atoms with Crippen molar-refractivity contribution in [2.45, 2.75) is 25.3 Å². The number of rotatable bonds is 3. The van der Waals surface area contributed by atoms with Crippen LogP contribution in [0.3, 0.4) is 0 Å². The van der Waals surface area contributed by atoms with Crippen molar-refractivity contribution in [2.75, 3.05) is 19.6 Å². The number of hydrogen-bond donors (Lipinski definition) is 1. The molecule has 0 aliphatic carbocycles.